The van der Waals surface area contributed by atoms with Crippen molar-refractivity contribution in [1.29, 1.82) is 0 Å². The molecule has 0 fully saturated rings. The summed E-state index contributed by atoms with van der Waals surface area (Å²) in [6.07, 6.45) is 3.61. The number of rotatable bonds is 4. The average molecular weight is 323 g/mol. The number of fused-ring (bicyclic) bond motifs is 1. The van der Waals surface area contributed by atoms with Gasteiger partial charge in [-0.3, -0.25) is 4.98 Å². The topological polar surface area (TPSA) is 43.4 Å². The van der Waals surface area contributed by atoms with Gasteiger partial charge in [0.1, 0.15) is 0 Å². The maximum atomic E-state index is 5.35. The van der Waals surface area contributed by atoms with Crippen LogP contribution >= 0.6 is 17.0 Å². The molecule has 0 atom stereocenters. The summed E-state index contributed by atoms with van der Waals surface area (Å²) in [7, 11) is 0. The third-order valence-electron chi connectivity index (χ3n) is 2.84. The molecule has 1 N–H and O–H groups in total. The summed E-state index contributed by atoms with van der Waals surface area (Å²) in [5, 5.41) is 3.38. The Hall–Kier alpha value is -1.59. The molecule has 1 aliphatic rings. The van der Waals surface area contributed by atoms with E-state index in [0.29, 0.717) is 6.79 Å². The number of benzene rings is 1. The van der Waals surface area contributed by atoms with E-state index in [9.17, 15) is 0 Å². The highest BCUT2D eigenvalue weighted by atomic mass is 79.9. The lowest BCUT2D eigenvalue weighted by Crippen LogP contribution is -2.12. The van der Waals surface area contributed by atoms with E-state index < -0.39 is 0 Å². The van der Waals surface area contributed by atoms with Crippen LogP contribution in [-0.2, 0) is 13.1 Å². The first-order valence-electron chi connectivity index (χ1n) is 5.90. The third-order valence-corrected chi connectivity index (χ3v) is 2.84. The molecule has 1 aromatic carbocycles. The van der Waals surface area contributed by atoms with Gasteiger partial charge in [-0.15, -0.1) is 17.0 Å². The van der Waals surface area contributed by atoms with Crippen LogP contribution in [0.3, 0.4) is 0 Å². The lowest BCUT2D eigenvalue weighted by atomic mass is 10.2. The SMILES string of the molecule is Br.c1cc(CNCc2ccc3c(c2)OCO3)ccn1. The lowest BCUT2D eigenvalue weighted by molar-refractivity contribution is 0.174. The van der Waals surface area contributed by atoms with Crippen LogP contribution in [0, 0.1) is 0 Å². The van der Waals surface area contributed by atoms with Crippen LogP contribution in [0.5, 0.6) is 11.5 Å². The van der Waals surface area contributed by atoms with E-state index in [2.05, 4.69) is 10.3 Å². The van der Waals surface area contributed by atoms with Gasteiger partial charge in [-0.05, 0) is 35.4 Å². The number of hydrogen-bond acceptors (Lipinski definition) is 4. The van der Waals surface area contributed by atoms with E-state index in [1.54, 1.807) is 12.4 Å². The van der Waals surface area contributed by atoms with Gasteiger partial charge in [0, 0.05) is 25.5 Å². The molecule has 2 heterocycles. The fourth-order valence-electron chi connectivity index (χ4n) is 1.90. The maximum absolute atomic E-state index is 5.35. The van der Waals surface area contributed by atoms with Crippen molar-refractivity contribution in [2.24, 2.45) is 0 Å². The van der Waals surface area contributed by atoms with E-state index in [1.807, 2.05) is 30.3 Å². The molecule has 100 valence electrons. The summed E-state index contributed by atoms with van der Waals surface area (Å²) in [4.78, 5) is 3.99. The van der Waals surface area contributed by atoms with Crippen molar-refractivity contribution in [2.45, 2.75) is 13.1 Å². The van der Waals surface area contributed by atoms with Crippen LogP contribution in [0.25, 0.3) is 0 Å². The first kappa shape index (κ1) is 13.8. The Kier molecular flexibility index (Phi) is 4.76. The Balaban J connectivity index is 0.00000133. The minimum absolute atomic E-state index is 0. The molecule has 0 aliphatic carbocycles. The molecule has 1 aliphatic heterocycles. The van der Waals surface area contributed by atoms with Crippen LogP contribution in [0.1, 0.15) is 11.1 Å². The van der Waals surface area contributed by atoms with Gasteiger partial charge in [0.2, 0.25) is 6.79 Å². The monoisotopic (exact) mass is 322 g/mol. The number of nitrogens with one attached hydrogen (secondary N) is 1. The van der Waals surface area contributed by atoms with E-state index in [4.69, 9.17) is 9.47 Å². The second-order valence-electron chi connectivity index (χ2n) is 4.15. The summed E-state index contributed by atoms with van der Waals surface area (Å²) in [5.74, 6) is 1.66. The zero-order valence-electron chi connectivity index (χ0n) is 10.3. The number of aromatic nitrogens is 1. The van der Waals surface area contributed by atoms with E-state index in [0.717, 1.165) is 24.6 Å². The molecule has 2 aromatic rings. The van der Waals surface area contributed by atoms with Gasteiger partial charge in [0.25, 0.3) is 0 Å². The van der Waals surface area contributed by atoms with Crippen molar-refractivity contribution < 1.29 is 9.47 Å². The Morgan fingerprint density at radius 3 is 2.53 bits per heavy atom. The summed E-state index contributed by atoms with van der Waals surface area (Å²) >= 11 is 0. The number of pyridine rings is 1. The summed E-state index contributed by atoms with van der Waals surface area (Å²) < 4.78 is 10.6. The predicted octanol–water partition coefficient (Wildman–Crippen LogP) is 2.68. The van der Waals surface area contributed by atoms with E-state index in [1.165, 1.54) is 11.1 Å². The second-order valence-corrected chi connectivity index (χ2v) is 4.15. The maximum Gasteiger partial charge on any atom is 0.231 e. The Labute approximate surface area is 122 Å². The van der Waals surface area contributed by atoms with Crippen LogP contribution in [0.15, 0.2) is 42.7 Å². The Morgan fingerprint density at radius 1 is 0.947 bits per heavy atom. The molecule has 0 unspecified atom stereocenters. The number of ether oxygens (including phenoxy) is 2. The second kappa shape index (κ2) is 6.54. The van der Waals surface area contributed by atoms with E-state index in [-0.39, 0.29) is 17.0 Å². The highest BCUT2D eigenvalue weighted by Gasteiger charge is 2.12. The lowest BCUT2D eigenvalue weighted by Gasteiger charge is -2.05. The minimum atomic E-state index is 0. The molecular weight excluding hydrogens is 308 g/mol. The molecule has 1 aromatic heterocycles. The molecule has 0 radical (unpaired) electrons. The molecule has 5 heteroatoms. The molecule has 0 saturated heterocycles. The predicted molar refractivity (Wildman–Crippen MR) is 77.7 cm³/mol. The van der Waals surface area contributed by atoms with Crippen LogP contribution < -0.4 is 14.8 Å². The summed E-state index contributed by atoms with van der Waals surface area (Å²) in [5.41, 5.74) is 2.42. The third kappa shape index (κ3) is 3.45. The minimum Gasteiger partial charge on any atom is -0.454 e. The zero-order chi connectivity index (χ0) is 12.2. The van der Waals surface area contributed by atoms with Gasteiger partial charge in [-0.25, -0.2) is 0 Å². The number of nitrogens with zero attached hydrogens (tertiary/aromatic N) is 1. The summed E-state index contributed by atoms with van der Waals surface area (Å²) in [6, 6.07) is 10.0. The van der Waals surface area contributed by atoms with Gasteiger partial charge in [0.05, 0.1) is 0 Å². The van der Waals surface area contributed by atoms with Crippen molar-refractivity contribution >= 4 is 17.0 Å². The largest absolute Gasteiger partial charge is 0.454 e. The van der Waals surface area contributed by atoms with Crippen LogP contribution in [0.2, 0.25) is 0 Å². The molecule has 4 nitrogen and oxygen atoms in total. The first-order chi connectivity index (χ1) is 8.92. The van der Waals surface area contributed by atoms with Crippen molar-refractivity contribution in [1.82, 2.24) is 10.3 Å². The number of halogens is 1. The van der Waals surface area contributed by atoms with Crippen LogP contribution in [-0.4, -0.2) is 11.8 Å². The van der Waals surface area contributed by atoms with Gasteiger partial charge < -0.3 is 14.8 Å². The highest BCUT2D eigenvalue weighted by molar-refractivity contribution is 8.93. The standard InChI is InChI=1S/C14H14N2O2.BrH/c1-2-13-14(18-10-17-13)7-12(1)9-16-8-11-3-5-15-6-4-11;/h1-7,16H,8-10H2;1H. The summed E-state index contributed by atoms with van der Waals surface area (Å²) in [6.45, 7) is 1.96. The van der Waals surface area contributed by atoms with Gasteiger partial charge in [0.15, 0.2) is 11.5 Å². The van der Waals surface area contributed by atoms with Crippen molar-refractivity contribution in [3.63, 3.8) is 0 Å². The molecule has 0 bridgehead atoms. The zero-order valence-corrected chi connectivity index (χ0v) is 12.0. The molecular formula is C14H15BrN2O2. The highest BCUT2D eigenvalue weighted by Crippen LogP contribution is 2.32. The smallest absolute Gasteiger partial charge is 0.231 e. The Bertz CT molecular complexity index is 534. The fraction of sp³-hybridized carbons (Fsp3) is 0.214. The molecule has 0 saturated carbocycles. The van der Waals surface area contributed by atoms with E-state index >= 15 is 0 Å². The van der Waals surface area contributed by atoms with Gasteiger partial charge in [-0.1, -0.05) is 6.07 Å². The molecule has 3 rings (SSSR count). The van der Waals surface area contributed by atoms with Gasteiger partial charge in [-0.2, -0.15) is 0 Å². The molecule has 19 heavy (non-hydrogen) atoms. The fourth-order valence-corrected chi connectivity index (χ4v) is 1.90. The van der Waals surface area contributed by atoms with Crippen molar-refractivity contribution in [3.05, 3.63) is 53.9 Å². The first-order valence-corrected chi connectivity index (χ1v) is 5.90. The molecule has 0 spiro atoms. The number of hydrogen-bond donors (Lipinski definition) is 1. The van der Waals surface area contributed by atoms with Crippen molar-refractivity contribution in [2.75, 3.05) is 6.79 Å². The molecule has 0 amide bonds. The van der Waals surface area contributed by atoms with Crippen LogP contribution in [0.4, 0.5) is 0 Å². The normalized spacial score (nSPS) is 12.0. The Morgan fingerprint density at radius 2 is 1.68 bits per heavy atom. The quantitative estimate of drug-likeness (QED) is 0.939. The van der Waals surface area contributed by atoms with Gasteiger partial charge >= 0.3 is 0 Å². The average Bonchev–Trinajstić information content (AvgIpc) is 2.87. The van der Waals surface area contributed by atoms with Crippen molar-refractivity contribution in [3.8, 4) is 11.5 Å².